The summed E-state index contributed by atoms with van der Waals surface area (Å²) in [5, 5.41) is 3.21. The van der Waals surface area contributed by atoms with E-state index < -0.39 is 0 Å². The lowest BCUT2D eigenvalue weighted by Gasteiger charge is -2.23. The molecular formula is C10H21N. The van der Waals surface area contributed by atoms with E-state index in [0.717, 1.165) is 13.0 Å². The minimum absolute atomic E-state index is 0.442. The standard InChI is InChI=1S/C10H21N/c1-5-6-7-8-10(2,3)9-11-4/h5,11H,1,6-9H2,2-4H3. The lowest BCUT2D eigenvalue weighted by atomic mass is 9.87. The molecule has 66 valence electrons. The maximum Gasteiger partial charge on any atom is -0.0000486 e. The zero-order valence-corrected chi connectivity index (χ0v) is 8.11. The van der Waals surface area contributed by atoms with Gasteiger partial charge < -0.3 is 5.32 Å². The van der Waals surface area contributed by atoms with Gasteiger partial charge in [-0.1, -0.05) is 19.9 Å². The van der Waals surface area contributed by atoms with Crippen molar-refractivity contribution in [2.24, 2.45) is 5.41 Å². The number of hydrogen-bond acceptors (Lipinski definition) is 1. The summed E-state index contributed by atoms with van der Waals surface area (Å²) in [6.45, 7) is 9.41. The molecule has 0 bridgehead atoms. The Morgan fingerprint density at radius 1 is 1.45 bits per heavy atom. The second-order valence-corrected chi connectivity index (χ2v) is 3.88. The molecule has 0 aliphatic rings. The van der Waals surface area contributed by atoms with Crippen LogP contribution in [0.15, 0.2) is 12.7 Å². The molecule has 0 rings (SSSR count). The van der Waals surface area contributed by atoms with Crippen LogP contribution < -0.4 is 5.32 Å². The first-order chi connectivity index (χ1) is 5.12. The van der Waals surface area contributed by atoms with E-state index in [0.29, 0.717) is 5.41 Å². The SMILES string of the molecule is C=CCCCC(C)(C)CNC. The Balaban J connectivity index is 3.45. The Morgan fingerprint density at radius 2 is 2.09 bits per heavy atom. The van der Waals surface area contributed by atoms with Gasteiger partial charge in [-0.3, -0.25) is 0 Å². The van der Waals surface area contributed by atoms with E-state index in [1.54, 1.807) is 0 Å². The normalized spacial score (nSPS) is 11.5. The van der Waals surface area contributed by atoms with Crippen LogP contribution in [0.2, 0.25) is 0 Å². The van der Waals surface area contributed by atoms with Crippen LogP contribution in [0.4, 0.5) is 0 Å². The third-order valence-electron chi connectivity index (χ3n) is 1.92. The Morgan fingerprint density at radius 3 is 2.55 bits per heavy atom. The molecule has 0 amide bonds. The van der Waals surface area contributed by atoms with Crippen LogP contribution in [0.5, 0.6) is 0 Å². The highest BCUT2D eigenvalue weighted by molar-refractivity contribution is 4.73. The van der Waals surface area contributed by atoms with E-state index in [4.69, 9.17) is 0 Å². The molecule has 0 aromatic rings. The van der Waals surface area contributed by atoms with Crippen molar-refractivity contribution in [3.8, 4) is 0 Å². The molecule has 0 radical (unpaired) electrons. The van der Waals surface area contributed by atoms with Gasteiger partial charge in [0.2, 0.25) is 0 Å². The summed E-state index contributed by atoms with van der Waals surface area (Å²) in [7, 11) is 2.01. The van der Waals surface area contributed by atoms with Crippen molar-refractivity contribution in [2.45, 2.75) is 33.1 Å². The first-order valence-corrected chi connectivity index (χ1v) is 4.38. The maximum atomic E-state index is 3.71. The largest absolute Gasteiger partial charge is 0.319 e. The van der Waals surface area contributed by atoms with Gasteiger partial charge in [-0.05, 0) is 38.3 Å². The van der Waals surface area contributed by atoms with E-state index >= 15 is 0 Å². The number of hydrogen-bond donors (Lipinski definition) is 1. The number of unbranched alkanes of at least 4 members (excludes halogenated alkanes) is 1. The van der Waals surface area contributed by atoms with Crippen LogP contribution in [-0.4, -0.2) is 13.6 Å². The van der Waals surface area contributed by atoms with Crippen molar-refractivity contribution in [1.82, 2.24) is 5.32 Å². The summed E-state index contributed by atoms with van der Waals surface area (Å²) >= 11 is 0. The molecular weight excluding hydrogens is 134 g/mol. The van der Waals surface area contributed by atoms with Gasteiger partial charge in [-0.15, -0.1) is 6.58 Å². The highest BCUT2D eigenvalue weighted by Crippen LogP contribution is 2.21. The van der Waals surface area contributed by atoms with Crippen molar-refractivity contribution in [1.29, 1.82) is 0 Å². The average Bonchev–Trinajstić information content (AvgIpc) is 1.87. The second-order valence-electron chi connectivity index (χ2n) is 3.88. The molecule has 11 heavy (non-hydrogen) atoms. The zero-order chi connectivity index (χ0) is 8.74. The molecule has 1 N–H and O–H groups in total. The van der Waals surface area contributed by atoms with E-state index in [2.05, 4.69) is 25.7 Å². The van der Waals surface area contributed by atoms with Gasteiger partial charge in [0, 0.05) is 0 Å². The minimum Gasteiger partial charge on any atom is -0.319 e. The van der Waals surface area contributed by atoms with E-state index in [1.807, 2.05) is 13.1 Å². The van der Waals surface area contributed by atoms with Crippen LogP contribution in [0.25, 0.3) is 0 Å². The third kappa shape index (κ3) is 6.11. The molecule has 0 heterocycles. The van der Waals surface area contributed by atoms with E-state index in [-0.39, 0.29) is 0 Å². The molecule has 0 aromatic carbocycles. The van der Waals surface area contributed by atoms with Crippen LogP contribution in [-0.2, 0) is 0 Å². The molecule has 1 nitrogen and oxygen atoms in total. The van der Waals surface area contributed by atoms with Crippen molar-refractivity contribution >= 4 is 0 Å². The second kappa shape index (κ2) is 5.36. The predicted octanol–water partition coefficient (Wildman–Crippen LogP) is 2.59. The Kier molecular flexibility index (Phi) is 5.22. The summed E-state index contributed by atoms with van der Waals surface area (Å²) in [5.41, 5.74) is 0.442. The van der Waals surface area contributed by atoms with Crippen LogP contribution in [0.3, 0.4) is 0 Å². The number of nitrogens with one attached hydrogen (secondary N) is 1. The molecule has 1 heteroatoms. The van der Waals surface area contributed by atoms with Crippen LogP contribution >= 0.6 is 0 Å². The number of allylic oxidation sites excluding steroid dienone is 1. The fourth-order valence-electron chi connectivity index (χ4n) is 1.29. The first kappa shape index (κ1) is 10.7. The maximum absolute atomic E-state index is 3.71. The van der Waals surface area contributed by atoms with Crippen LogP contribution in [0.1, 0.15) is 33.1 Å². The Bertz CT molecular complexity index is 105. The van der Waals surface area contributed by atoms with E-state index in [9.17, 15) is 0 Å². The third-order valence-corrected chi connectivity index (χ3v) is 1.92. The molecule has 0 atom stereocenters. The quantitative estimate of drug-likeness (QED) is 0.459. The topological polar surface area (TPSA) is 12.0 Å². The van der Waals surface area contributed by atoms with Crippen molar-refractivity contribution in [3.63, 3.8) is 0 Å². The average molecular weight is 155 g/mol. The van der Waals surface area contributed by atoms with Gasteiger partial charge >= 0.3 is 0 Å². The number of rotatable bonds is 6. The fraction of sp³-hybridized carbons (Fsp3) is 0.800. The van der Waals surface area contributed by atoms with Gasteiger partial charge in [-0.2, -0.15) is 0 Å². The molecule has 0 unspecified atom stereocenters. The minimum atomic E-state index is 0.442. The molecule has 0 spiro atoms. The summed E-state index contributed by atoms with van der Waals surface area (Å²) in [6, 6.07) is 0. The van der Waals surface area contributed by atoms with Crippen LogP contribution in [0, 0.1) is 5.41 Å². The van der Waals surface area contributed by atoms with E-state index in [1.165, 1.54) is 12.8 Å². The molecule has 0 fully saturated rings. The van der Waals surface area contributed by atoms with Gasteiger partial charge in [0.05, 0.1) is 0 Å². The zero-order valence-electron chi connectivity index (χ0n) is 8.11. The summed E-state index contributed by atoms with van der Waals surface area (Å²) < 4.78 is 0. The van der Waals surface area contributed by atoms with Gasteiger partial charge in [-0.25, -0.2) is 0 Å². The summed E-state index contributed by atoms with van der Waals surface area (Å²) in [6.07, 6.45) is 5.68. The first-order valence-electron chi connectivity index (χ1n) is 4.38. The predicted molar refractivity (Wildman–Crippen MR) is 51.8 cm³/mol. The monoisotopic (exact) mass is 155 g/mol. The molecule has 0 saturated heterocycles. The highest BCUT2D eigenvalue weighted by atomic mass is 14.8. The fourth-order valence-corrected chi connectivity index (χ4v) is 1.29. The van der Waals surface area contributed by atoms with Crippen molar-refractivity contribution in [2.75, 3.05) is 13.6 Å². The highest BCUT2D eigenvalue weighted by Gasteiger charge is 2.14. The molecule has 0 saturated carbocycles. The summed E-state index contributed by atoms with van der Waals surface area (Å²) in [4.78, 5) is 0. The molecule has 0 aliphatic carbocycles. The molecule has 0 aliphatic heterocycles. The smallest absolute Gasteiger partial charge is 0.0000486 e. The van der Waals surface area contributed by atoms with Gasteiger partial charge in [0.25, 0.3) is 0 Å². The lowest BCUT2D eigenvalue weighted by molar-refractivity contribution is 0.316. The van der Waals surface area contributed by atoms with Crippen molar-refractivity contribution in [3.05, 3.63) is 12.7 Å². The van der Waals surface area contributed by atoms with Gasteiger partial charge in [0.1, 0.15) is 0 Å². The Hall–Kier alpha value is -0.300. The van der Waals surface area contributed by atoms with Gasteiger partial charge in [0.15, 0.2) is 0 Å². The lowest BCUT2D eigenvalue weighted by Crippen LogP contribution is -2.26. The van der Waals surface area contributed by atoms with Crippen molar-refractivity contribution < 1.29 is 0 Å². The molecule has 0 aromatic heterocycles. The Labute approximate surface area is 70.9 Å². The summed E-state index contributed by atoms with van der Waals surface area (Å²) in [5.74, 6) is 0.